The van der Waals surface area contributed by atoms with Crippen molar-refractivity contribution in [2.45, 2.75) is 40.5 Å². The predicted molar refractivity (Wildman–Crippen MR) is 62.6 cm³/mol. The van der Waals surface area contributed by atoms with Crippen LogP contribution in [0.3, 0.4) is 0 Å². The Morgan fingerprint density at radius 1 is 0.833 bits per heavy atom. The van der Waals surface area contributed by atoms with Gasteiger partial charge in [0.15, 0.2) is 0 Å². The molecule has 0 aliphatic heterocycles. The number of hydrogen-bond acceptors (Lipinski definition) is 7. The van der Waals surface area contributed by atoms with Gasteiger partial charge in [-0.1, -0.05) is 40.5 Å². The summed E-state index contributed by atoms with van der Waals surface area (Å²) < 4.78 is 60.1. The molecule has 0 radical (unpaired) electrons. The van der Waals surface area contributed by atoms with E-state index in [0.717, 1.165) is 0 Å². The smallest absolute Gasteiger partial charge is 0.290 e. The zero-order chi connectivity index (χ0) is 15.4. The van der Waals surface area contributed by atoms with Crippen LogP contribution in [0.25, 0.3) is 0 Å². The quantitative estimate of drug-likeness (QED) is 0.726. The molecule has 0 aromatic carbocycles. The lowest BCUT2D eigenvalue weighted by molar-refractivity contribution is 0.145. The number of carbonyl (C=O) groups is 1. The van der Waals surface area contributed by atoms with Crippen LogP contribution in [0.2, 0.25) is 0 Å². The van der Waals surface area contributed by atoms with E-state index in [1.54, 1.807) is 0 Å². The first-order valence-corrected chi connectivity index (χ1v) is 7.54. The van der Waals surface area contributed by atoms with E-state index in [4.69, 9.17) is 9.11 Å². The van der Waals surface area contributed by atoms with E-state index in [1.807, 2.05) is 0 Å². The van der Waals surface area contributed by atoms with Gasteiger partial charge in [-0.05, 0) is 0 Å². The third-order valence-electron chi connectivity index (χ3n) is 0.347. The summed E-state index contributed by atoms with van der Waals surface area (Å²) in [5.41, 5.74) is 0. The minimum absolute atomic E-state index is 1.25. The Bertz CT molecular complexity index is 357. The van der Waals surface area contributed by atoms with Crippen LogP contribution in [0.4, 0.5) is 4.79 Å². The first-order chi connectivity index (χ1) is 7.93. The van der Waals surface area contributed by atoms with E-state index >= 15 is 0 Å². The molecule has 0 rings (SSSR count). The summed E-state index contributed by atoms with van der Waals surface area (Å²) in [6.45, 7) is 8.50. The van der Waals surface area contributed by atoms with Crippen molar-refractivity contribution in [3.05, 3.63) is 0 Å². The monoisotopic (exact) mass is 310 g/mol. The van der Waals surface area contributed by atoms with Gasteiger partial charge in [-0.2, -0.15) is 16.8 Å². The molecule has 0 aromatic heterocycles. The number of hydrogen-bond donors (Lipinski definition) is 2. The highest BCUT2D eigenvalue weighted by Gasteiger charge is 2.20. The van der Waals surface area contributed by atoms with E-state index in [-0.39, 0.29) is 0 Å². The van der Waals surface area contributed by atoms with Gasteiger partial charge in [-0.15, -0.1) is 0 Å². The molecule has 0 fully saturated rings. The van der Waals surface area contributed by atoms with Crippen LogP contribution in [0.15, 0.2) is 0 Å². The van der Waals surface area contributed by atoms with Gasteiger partial charge in [0.05, 0.1) is 0 Å². The van der Waals surface area contributed by atoms with Crippen LogP contribution in [-0.2, 0) is 29.2 Å². The van der Waals surface area contributed by atoms with E-state index < -0.39 is 27.0 Å². The second-order valence-corrected chi connectivity index (χ2v) is 4.73. The molecule has 2 N–H and O–H groups in total. The summed E-state index contributed by atoms with van der Waals surface area (Å²) >= 11 is 0. The maximum absolute atomic E-state index is 9.95. The van der Waals surface area contributed by atoms with Gasteiger partial charge < -0.3 is 0 Å². The molecule has 0 unspecified atom stereocenters. The molecule has 0 aliphatic rings. The topological polar surface area (TPSA) is 144 Å². The predicted octanol–water partition coefficient (Wildman–Crippen LogP) is 1.58. The molecule has 11 heteroatoms. The van der Waals surface area contributed by atoms with Crippen molar-refractivity contribution in [2.75, 3.05) is 0 Å². The van der Waals surface area contributed by atoms with E-state index in [2.05, 4.69) is 36.1 Å². The first-order valence-electron chi connectivity index (χ1n) is 4.81. The lowest BCUT2D eigenvalue weighted by atomic mass is 10.6. The fraction of sp³-hybridized carbons (Fsp3) is 0.857. The Morgan fingerprint density at radius 2 is 1.00 bits per heavy atom. The third-order valence-corrected chi connectivity index (χ3v) is 1.04. The summed E-state index contributed by atoms with van der Waals surface area (Å²) in [5.74, 6) is 0. The van der Waals surface area contributed by atoms with Crippen molar-refractivity contribution in [3.63, 3.8) is 0 Å². The summed E-state index contributed by atoms with van der Waals surface area (Å²) in [7, 11) is -10.3. The van der Waals surface area contributed by atoms with Gasteiger partial charge >= 0.3 is 27.0 Å². The summed E-state index contributed by atoms with van der Waals surface area (Å²) in [6.07, 6.45) is 0.208. The fourth-order valence-corrected chi connectivity index (χ4v) is 0.641. The van der Waals surface area contributed by atoms with Gasteiger partial charge in [-0.3, -0.25) is 17.5 Å². The van der Waals surface area contributed by atoms with Gasteiger partial charge in [-0.25, -0.2) is 4.79 Å². The number of rotatable bonds is 2. The van der Waals surface area contributed by atoms with Crippen LogP contribution in [0.1, 0.15) is 40.5 Å². The first kappa shape index (κ1) is 22.3. The van der Waals surface area contributed by atoms with Gasteiger partial charge in [0.25, 0.3) is 0 Å². The van der Waals surface area contributed by atoms with Gasteiger partial charge in [0.2, 0.25) is 0 Å². The van der Waals surface area contributed by atoms with Crippen LogP contribution in [0, 0.1) is 0 Å². The normalized spacial score (nSPS) is 10.1. The molecule has 0 amide bonds. The molecule has 0 saturated carbocycles. The SMILES string of the molecule is CCC.CCC.O=C(OS(=O)(=O)O)OS(=O)(=O)O. The van der Waals surface area contributed by atoms with Crippen molar-refractivity contribution >= 4 is 27.0 Å². The summed E-state index contributed by atoms with van der Waals surface area (Å²) in [5, 5.41) is 0. The number of carbonyl (C=O) groups excluding carboxylic acids is 1. The molecule has 18 heavy (non-hydrogen) atoms. The maximum atomic E-state index is 9.95. The molecule has 0 saturated heterocycles. The van der Waals surface area contributed by atoms with Crippen LogP contribution >= 0.6 is 0 Å². The average molecular weight is 310 g/mol. The molecule has 0 aromatic rings. The lowest BCUT2D eigenvalue weighted by Gasteiger charge is -1.97. The zero-order valence-electron chi connectivity index (χ0n) is 10.5. The minimum atomic E-state index is -5.15. The van der Waals surface area contributed by atoms with E-state index in [0.29, 0.717) is 0 Å². The molecule has 0 bridgehead atoms. The van der Waals surface area contributed by atoms with E-state index in [1.165, 1.54) is 12.8 Å². The zero-order valence-corrected chi connectivity index (χ0v) is 12.1. The Labute approximate surface area is 107 Å². The Hall–Kier alpha value is -0.910. The lowest BCUT2D eigenvalue weighted by Crippen LogP contribution is -2.16. The van der Waals surface area contributed by atoms with Gasteiger partial charge in [0.1, 0.15) is 0 Å². The minimum Gasteiger partial charge on any atom is -0.290 e. The second kappa shape index (κ2) is 11.2. The van der Waals surface area contributed by atoms with Crippen molar-refractivity contribution in [1.82, 2.24) is 0 Å². The highest BCUT2D eigenvalue weighted by Crippen LogP contribution is 1.95. The standard InChI is InChI=1S/2C3H8.CH2O9S2/c2*1-3-2;2-1(9-11(3,4)5)10-12(6,7)8/h2*3H2,1-2H3;(H,3,4,5)(H,6,7,8). The van der Waals surface area contributed by atoms with Crippen LogP contribution in [0.5, 0.6) is 0 Å². The van der Waals surface area contributed by atoms with Gasteiger partial charge in [0, 0.05) is 0 Å². The Morgan fingerprint density at radius 3 is 1.11 bits per heavy atom. The highest BCUT2D eigenvalue weighted by atomic mass is 32.3. The van der Waals surface area contributed by atoms with Crippen molar-refractivity contribution in [1.29, 1.82) is 0 Å². The van der Waals surface area contributed by atoms with Crippen molar-refractivity contribution < 1.29 is 39.1 Å². The highest BCUT2D eigenvalue weighted by molar-refractivity contribution is 7.82. The maximum Gasteiger partial charge on any atom is 0.543 e. The Kier molecular flexibility index (Phi) is 13.9. The fourth-order valence-electron chi connectivity index (χ4n) is 0.186. The summed E-state index contributed by atoms with van der Waals surface area (Å²) in [4.78, 5) is 9.95. The van der Waals surface area contributed by atoms with E-state index in [9.17, 15) is 21.6 Å². The molecule has 0 heterocycles. The second-order valence-electron chi connectivity index (χ2n) is 2.69. The molecular weight excluding hydrogens is 292 g/mol. The van der Waals surface area contributed by atoms with Crippen molar-refractivity contribution in [3.8, 4) is 0 Å². The summed E-state index contributed by atoms with van der Waals surface area (Å²) in [6, 6.07) is 0. The average Bonchev–Trinajstić information content (AvgIpc) is 1.97. The van der Waals surface area contributed by atoms with Crippen LogP contribution in [-0.4, -0.2) is 32.1 Å². The molecule has 112 valence electrons. The van der Waals surface area contributed by atoms with Crippen LogP contribution < -0.4 is 0 Å². The molecule has 0 spiro atoms. The molecular formula is C7H18O9S2. The molecule has 0 atom stereocenters. The third kappa shape index (κ3) is 36.3. The molecule has 9 nitrogen and oxygen atoms in total. The van der Waals surface area contributed by atoms with Crippen molar-refractivity contribution in [2.24, 2.45) is 0 Å². The Balaban J connectivity index is -0.000000315. The largest absolute Gasteiger partial charge is 0.543 e. The molecule has 0 aliphatic carbocycles.